The molecule has 3 heteroatoms. The van der Waals surface area contributed by atoms with E-state index in [0.29, 0.717) is 17.2 Å². The summed E-state index contributed by atoms with van der Waals surface area (Å²) in [7, 11) is 0. The minimum atomic E-state index is -0.0201. The van der Waals surface area contributed by atoms with Crippen LogP contribution < -0.4 is 5.32 Å². The lowest BCUT2D eigenvalue weighted by Gasteiger charge is -2.29. The van der Waals surface area contributed by atoms with E-state index in [1.807, 2.05) is 12.1 Å². The summed E-state index contributed by atoms with van der Waals surface area (Å²) in [6, 6.07) is 5.81. The van der Waals surface area contributed by atoms with Crippen LogP contribution in [0.15, 0.2) is 24.4 Å². The van der Waals surface area contributed by atoms with E-state index >= 15 is 0 Å². The molecule has 0 saturated heterocycles. The van der Waals surface area contributed by atoms with Crippen LogP contribution in [-0.4, -0.2) is 16.9 Å². The predicted octanol–water partition coefficient (Wildman–Crippen LogP) is 2.53. The van der Waals surface area contributed by atoms with E-state index in [4.69, 9.17) is 0 Å². The van der Waals surface area contributed by atoms with Gasteiger partial charge in [0.2, 0.25) is 0 Å². The van der Waals surface area contributed by atoms with Gasteiger partial charge in [0, 0.05) is 12.2 Å². The van der Waals surface area contributed by atoms with Gasteiger partial charge in [-0.3, -0.25) is 9.78 Å². The van der Waals surface area contributed by atoms with Crippen LogP contribution in [0, 0.1) is 5.41 Å². The van der Waals surface area contributed by atoms with Gasteiger partial charge in [0.25, 0.3) is 5.91 Å². The van der Waals surface area contributed by atoms with Crippen molar-refractivity contribution in [3.8, 4) is 0 Å². The van der Waals surface area contributed by atoms with Crippen LogP contribution in [0.2, 0.25) is 0 Å². The molecule has 1 aromatic heterocycles. The van der Waals surface area contributed by atoms with Gasteiger partial charge in [0.05, 0.1) is 0 Å². The molecule has 17 heavy (non-hydrogen) atoms. The third-order valence-corrected chi connectivity index (χ3v) is 4.13. The number of hydrogen-bond acceptors (Lipinski definition) is 2. The maximum atomic E-state index is 12.0. The van der Waals surface area contributed by atoms with E-state index in [0.717, 1.165) is 6.42 Å². The van der Waals surface area contributed by atoms with E-state index in [1.54, 1.807) is 12.3 Å². The van der Waals surface area contributed by atoms with Crippen LogP contribution in [0.25, 0.3) is 0 Å². The van der Waals surface area contributed by atoms with Crippen LogP contribution in [0.4, 0.5) is 0 Å². The number of amides is 1. The maximum absolute atomic E-state index is 12.0. The Morgan fingerprint density at radius 3 is 2.94 bits per heavy atom. The van der Waals surface area contributed by atoms with Crippen LogP contribution in [0.1, 0.15) is 49.0 Å². The smallest absolute Gasteiger partial charge is 0.270 e. The second-order valence-electron chi connectivity index (χ2n) is 5.48. The minimum Gasteiger partial charge on any atom is -0.348 e. The SMILES string of the molecule is O=C(NC1CCCC2(CC2)C1)c1ccccn1. The third-order valence-electron chi connectivity index (χ3n) is 4.13. The molecule has 3 nitrogen and oxygen atoms in total. The molecule has 1 unspecified atom stereocenters. The lowest BCUT2D eigenvalue weighted by molar-refractivity contribution is 0.0911. The Labute approximate surface area is 102 Å². The minimum absolute atomic E-state index is 0.0201. The number of carbonyl (C=O) groups is 1. The van der Waals surface area contributed by atoms with Crippen LogP contribution >= 0.6 is 0 Å². The summed E-state index contributed by atoms with van der Waals surface area (Å²) >= 11 is 0. The van der Waals surface area contributed by atoms with E-state index in [1.165, 1.54) is 32.1 Å². The highest BCUT2D eigenvalue weighted by Gasteiger charge is 2.45. The number of nitrogens with one attached hydrogen (secondary N) is 1. The van der Waals surface area contributed by atoms with Gasteiger partial charge in [0.1, 0.15) is 5.69 Å². The van der Waals surface area contributed by atoms with Crippen molar-refractivity contribution >= 4 is 5.91 Å². The Morgan fingerprint density at radius 1 is 1.35 bits per heavy atom. The highest BCUT2D eigenvalue weighted by atomic mass is 16.1. The standard InChI is InChI=1S/C14H18N2O/c17-13(12-5-1-2-9-15-12)16-11-4-3-6-14(10-11)7-8-14/h1-2,5,9,11H,3-4,6-8,10H2,(H,16,17). The average Bonchev–Trinajstić information content (AvgIpc) is 3.09. The quantitative estimate of drug-likeness (QED) is 0.848. The molecule has 1 heterocycles. The third kappa shape index (κ3) is 2.33. The van der Waals surface area contributed by atoms with Gasteiger partial charge in [-0.25, -0.2) is 0 Å². The van der Waals surface area contributed by atoms with Gasteiger partial charge < -0.3 is 5.32 Å². The summed E-state index contributed by atoms with van der Waals surface area (Å²) in [6.07, 6.45) is 9.31. The van der Waals surface area contributed by atoms with E-state index < -0.39 is 0 Å². The number of nitrogens with zero attached hydrogens (tertiary/aromatic N) is 1. The number of aromatic nitrogens is 1. The van der Waals surface area contributed by atoms with Crippen molar-refractivity contribution in [1.82, 2.24) is 10.3 Å². The summed E-state index contributed by atoms with van der Waals surface area (Å²) < 4.78 is 0. The first-order valence-corrected chi connectivity index (χ1v) is 6.49. The molecule has 0 radical (unpaired) electrons. The largest absolute Gasteiger partial charge is 0.348 e. The molecule has 1 amide bonds. The fraction of sp³-hybridized carbons (Fsp3) is 0.571. The Morgan fingerprint density at radius 2 is 2.24 bits per heavy atom. The van der Waals surface area contributed by atoms with Crippen molar-refractivity contribution in [2.75, 3.05) is 0 Å². The van der Waals surface area contributed by atoms with Gasteiger partial charge in [0.15, 0.2) is 0 Å². The molecule has 2 saturated carbocycles. The molecule has 0 aliphatic heterocycles. The van der Waals surface area contributed by atoms with Crippen LogP contribution in [-0.2, 0) is 0 Å². The van der Waals surface area contributed by atoms with Crippen molar-refractivity contribution < 1.29 is 4.79 Å². The van der Waals surface area contributed by atoms with Crippen molar-refractivity contribution in [1.29, 1.82) is 0 Å². The van der Waals surface area contributed by atoms with Gasteiger partial charge in [-0.1, -0.05) is 12.5 Å². The summed E-state index contributed by atoms with van der Waals surface area (Å²) in [5, 5.41) is 3.13. The highest BCUT2D eigenvalue weighted by molar-refractivity contribution is 5.92. The van der Waals surface area contributed by atoms with Crippen molar-refractivity contribution in [2.45, 2.75) is 44.6 Å². The predicted molar refractivity (Wildman–Crippen MR) is 65.6 cm³/mol. The summed E-state index contributed by atoms with van der Waals surface area (Å²) in [4.78, 5) is 16.1. The molecule has 1 N–H and O–H groups in total. The fourth-order valence-corrected chi connectivity index (χ4v) is 2.96. The van der Waals surface area contributed by atoms with Gasteiger partial charge in [-0.2, -0.15) is 0 Å². The lowest BCUT2D eigenvalue weighted by Crippen LogP contribution is -2.39. The molecule has 1 aromatic rings. The molecule has 1 atom stereocenters. The van der Waals surface area contributed by atoms with Crippen LogP contribution in [0.5, 0.6) is 0 Å². The number of hydrogen-bond donors (Lipinski definition) is 1. The van der Waals surface area contributed by atoms with E-state index in [-0.39, 0.29) is 5.91 Å². The fourth-order valence-electron chi connectivity index (χ4n) is 2.96. The highest BCUT2D eigenvalue weighted by Crippen LogP contribution is 2.56. The molecule has 2 aliphatic rings. The number of pyridine rings is 1. The lowest BCUT2D eigenvalue weighted by atomic mass is 9.83. The average molecular weight is 230 g/mol. The molecule has 1 spiro atoms. The summed E-state index contributed by atoms with van der Waals surface area (Å²) in [5.41, 5.74) is 1.13. The Kier molecular flexibility index (Phi) is 2.61. The van der Waals surface area contributed by atoms with Crippen molar-refractivity contribution in [3.05, 3.63) is 30.1 Å². The molecule has 2 aliphatic carbocycles. The molecule has 3 rings (SSSR count). The number of rotatable bonds is 2. The summed E-state index contributed by atoms with van der Waals surface area (Å²) in [5.74, 6) is -0.0201. The Bertz CT molecular complexity index is 411. The zero-order chi connectivity index (χ0) is 11.7. The zero-order valence-electron chi connectivity index (χ0n) is 9.98. The number of carbonyl (C=O) groups excluding carboxylic acids is 1. The van der Waals surface area contributed by atoms with Crippen molar-refractivity contribution in [2.24, 2.45) is 5.41 Å². The Balaban J connectivity index is 1.61. The normalized spacial score (nSPS) is 25.5. The molecular formula is C14H18N2O. The maximum Gasteiger partial charge on any atom is 0.270 e. The second kappa shape index (κ2) is 4.13. The first-order valence-electron chi connectivity index (χ1n) is 6.49. The van der Waals surface area contributed by atoms with Gasteiger partial charge >= 0.3 is 0 Å². The first-order chi connectivity index (χ1) is 8.27. The topological polar surface area (TPSA) is 42.0 Å². The Hall–Kier alpha value is -1.38. The first kappa shape index (κ1) is 10.8. The van der Waals surface area contributed by atoms with Gasteiger partial charge in [-0.15, -0.1) is 0 Å². The molecule has 2 fully saturated rings. The molecular weight excluding hydrogens is 212 g/mol. The molecule has 0 bridgehead atoms. The van der Waals surface area contributed by atoms with E-state index in [2.05, 4.69) is 10.3 Å². The zero-order valence-corrected chi connectivity index (χ0v) is 9.98. The summed E-state index contributed by atoms with van der Waals surface area (Å²) in [6.45, 7) is 0. The second-order valence-corrected chi connectivity index (χ2v) is 5.48. The van der Waals surface area contributed by atoms with Gasteiger partial charge in [-0.05, 0) is 49.7 Å². The molecule has 0 aromatic carbocycles. The van der Waals surface area contributed by atoms with E-state index in [9.17, 15) is 4.79 Å². The van der Waals surface area contributed by atoms with Crippen molar-refractivity contribution in [3.63, 3.8) is 0 Å². The monoisotopic (exact) mass is 230 g/mol. The van der Waals surface area contributed by atoms with Crippen LogP contribution in [0.3, 0.4) is 0 Å². The molecule has 90 valence electrons.